The third-order valence-corrected chi connectivity index (χ3v) is 3.43. The van der Waals surface area contributed by atoms with E-state index in [4.69, 9.17) is 5.73 Å². The van der Waals surface area contributed by atoms with Crippen LogP contribution < -0.4 is 5.73 Å². The highest BCUT2D eigenvalue weighted by Crippen LogP contribution is 2.23. The van der Waals surface area contributed by atoms with Crippen molar-refractivity contribution in [1.82, 2.24) is 19.8 Å². The summed E-state index contributed by atoms with van der Waals surface area (Å²) in [4.78, 5) is 0.812. The number of nitrogens with two attached hydrogens (primary N) is 1. The highest BCUT2D eigenvalue weighted by Gasteiger charge is 2.12. The van der Waals surface area contributed by atoms with Gasteiger partial charge in [0.05, 0.1) is 0 Å². The predicted octanol–water partition coefficient (Wildman–Crippen LogP) is 2.05. The molecule has 17 heavy (non-hydrogen) atoms. The molecule has 0 aliphatic rings. The Morgan fingerprint density at radius 3 is 2.82 bits per heavy atom. The maximum Gasteiger partial charge on any atom is 0.234 e. The summed E-state index contributed by atoms with van der Waals surface area (Å²) in [6.45, 7) is 3.93. The normalized spacial score (nSPS) is 11.2. The Balaban J connectivity index is 2.22. The molecule has 0 aliphatic carbocycles. The lowest BCUT2D eigenvalue weighted by Gasteiger charge is -2.02. The van der Waals surface area contributed by atoms with E-state index in [1.54, 1.807) is 4.52 Å². The third kappa shape index (κ3) is 1.57. The molecule has 0 radical (unpaired) electrons. The largest absolute Gasteiger partial charge is 0.399 e. The molecule has 2 heterocycles. The van der Waals surface area contributed by atoms with Crippen LogP contribution in [-0.4, -0.2) is 19.8 Å². The molecule has 86 valence electrons. The highest BCUT2D eigenvalue weighted by atomic mass is 32.1. The average molecular weight is 245 g/mol. The number of benzene rings is 1. The zero-order valence-corrected chi connectivity index (χ0v) is 10.3. The molecule has 0 saturated heterocycles. The van der Waals surface area contributed by atoms with Crippen LogP contribution >= 0.6 is 11.3 Å². The smallest absolute Gasteiger partial charge is 0.234 e. The van der Waals surface area contributed by atoms with E-state index in [0.717, 1.165) is 32.6 Å². The first-order chi connectivity index (χ1) is 8.15. The number of fused-ring (bicyclic) bond motifs is 1. The first kappa shape index (κ1) is 10.2. The van der Waals surface area contributed by atoms with Crippen LogP contribution in [0.5, 0.6) is 0 Å². The number of aromatic nitrogens is 4. The van der Waals surface area contributed by atoms with Crippen LogP contribution in [0.3, 0.4) is 0 Å². The third-order valence-electron chi connectivity index (χ3n) is 2.62. The summed E-state index contributed by atoms with van der Waals surface area (Å²) >= 11 is 1.53. The predicted molar refractivity (Wildman–Crippen MR) is 68.0 cm³/mol. The molecule has 2 N–H and O–H groups in total. The number of aryl methyl sites for hydroxylation is 2. The van der Waals surface area contributed by atoms with E-state index in [1.165, 1.54) is 11.3 Å². The molecule has 2 aromatic heterocycles. The molecule has 0 spiro atoms. The zero-order chi connectivity index (χ0) is 12.0. The van der Waals surface area contributed by atoms with E-state index in [2.05, 4.69) is 15.3 Å². The van der Waals surface area contributed by atoms with Crippen LogP contribution in [0.15, 0.2) is 18.2 Å². The second-order valence-electron chi connectivity index (χ2n) is 3.91. The fourth-order valence-electron chi connectivity index (χ4n) is 1.71. The van der Waals surface area contributed by atoms with E-state index >= 15 is 0 Å². The van der Waals surface area contributed by atoms with Gasteiger partial charge in [0, 0.05) is 11.3 Å². The second-order valence-corrected chi connectivity index (χ2v) is 5.07. The minimum absolute atomic E-state index is 0.757. The van der Waals surface area contributed by atoms with Gasteiger partial charge in [0.2, 0.25) is 4.96 Å². The molecule has 0 fully saturated rings. The van der Waals surface area contributed by atoms with E-state index in [0.29, 0.717) is 0 Å². The Morgan fingerprint density at radius 2 is 2.06 bits per heavy atom. The topological polar surface area (TPSA) is 69.1 Å². The molecule has 6 heteroatoms. The Hall–Kier alpha value is -1.95. The number of nitrogens with zero attached hydrogens (tertiary/aromatic N) is 4. The molecule has 0 amide bonds. The molecule has 0 bridgehead atoms. The van der Waals surface area contributed by atoms with Crippen molar-refractivity contribution in [3.63, 3.8) is 0 Å². The van der Waals surface area contributed by atoms with Crippen LogP contribution in [0.4, 0.5) is 5.69 Å². The summed E-state index contributed by atoms with van der Waals surface area (Å²) < 4.78 is 1.77. The van der Waals surface area contributed by atoms with Crippen molar-refractivity contribution in [2.45, 2.75) is 13.8 Å². The molecule has 0 unspecified atom stereocenters. The highest BCUT2D eigenvalue weighted by molar-refractivity contribution is 7.16. The molecule has 0 aliphatic heterocycles. The van der Waals surface area contributed by atoms with E-state index in [-0.39, 0.29) is 0 Å². The molecule has 5 nitrogen and oxygen atoms in total. The monoisotopic (exact) mass is 245 g/mol. The molecule has 3 rings (SSSR count). The summed E-state index contributed by atoms with van der Waals surface area (Å²) in [5.41, 5.74) is 8.60. The van der Waals surface area contributed by atoms with Crippen LogP contribution in [-0.2, 0) is 0 Å². The number of hydrogen-bond donors (Lipinski definition) is 1. The van der Waals surface area contributed by atoms with Crippen molar-refractivity contribution in [2.24, 2.45) is 0 Å². The molecule has 0 saturated carbocycles. The Labute approximate surface area is 102 Å². The molecule has 1 aromatic carbocycles. The van der Waals surface area contributed by atoms with Gasteiger partial charge >= 0.3 is 0 Å². The maximum atomic E-state index is 5.80. The van der Waals surface area contributed by atoms with Crippen LogP contribution in [0.25, 0.3) is 16.3 Å². The van der Waals surface area contributed by atoms with E-state index in [9.17, 15) is 0 Å². The molecular formula is C11H11N5S. The Bertz CT molecular complexity index is 697. The van der Waals surface area contributed by atoms with Gasteiger partial charge in [-0.15, -0.1) is 10.2 Å². The maximum absolute atomic E-state index is 5.80. The Morgan fingerprint density at radius 1 is 1.24 bits per heavy atom. The lowest BCUT2D eigenvalue weighted by molar-refractivity contribution is 0.940. The van der Waals surface area contributed by atoms with Gasteiger partial charge in [-0.2, -0.15) is 9.61 Å². The summed E-state index contributed by atoms with van der Waals surface area (Å²) in [6.07, 6.45) is 0. The van der Waals surface area contributed by atoms with Gasteiger partial charge in [-0.25, -0.2) is 0 Å². The minimum Gasteiger partial charge on any atom is -0.399 e. The van der Waals surface area contributed by atoms with Crippen molar-refractivity contribution in [1.29, 1.82) is 0 Å². The summed E-state index contributed by atoms with van der Waals surface area (Å²) in [7, 11) is 0. The van der Waals surface area contributed by atoms with Crippen LogP contribution in [0, 0.1) is 13.8 Å². The van der Waals surface area contributed by atoms with Crippen molar-refractivity contribution >= 4 is 22.0 Å². The summed E-state index contributed by atoms with van der Waals surface area (Å²) in [6, 6.07) is 5.82. The van der Waals surface area contributed by atoms with E-state index in [1.807, 2.05) is 32.0 Å². The molecule has 0 atom stereocenters. The van der Waals surface area contributed by atoms with Gasteiger partial charge in [-0.05, 0) is 37.6 Å². The number of anilines is 1. The molecule has 3 aromatic rings. The van der Waals surface area contributed by atoms with Crippen molar-refractivity contribution < 1.29 is 0 Å². The zero-order valence-electron chi connectivity index (χ0n) is 9.51. The first-order valence-corrected chi connectivity index (χ1v) is 6.02. The number of nitrogen functional groups attached to an aromatic ring is 1. The van der Waals surface area contributed by atoms with Crippen molar-refractivity contribution in [2.75, 3.05) is 5.73 Å². The fraction of sp³-hybridized carbons (Fsp3) is 0.182. The van der Waals surface area contributed by atoms with Crippen LogP contribution in [0.2, 0.25) is 0 Å². The summed E-state index contributed by atoms with van der Waals surface area (Å²) in [5, 5.41) is 13.6. The van der Waals surface area contributed by atoms with E-state index < -0.39 is 0 Å². The van der Waals surface area contributed by atoms with Gasteiger partial charge in [0.25, 0.3) is 0 Å². The standard InChI is InChI=1S/C11H11N5S/c1-6-5-8(3-4-9(6)12)10-13-14-11-16(10)15-7(2)17-11/h3-5H,12H2,1-2H3. The molecular weight excluding hydrogens is 234 g/mol. The van der Waals surface area contributed by atoms with Crippen molar-refractivity contribution in [3.05, 3.63) is 28.8 Å². The van der Waals surface area contributed by atoms with Gasteiger partial charge in [0.15, 0.2) is 5.82 Å². The summed E-state index contributed by atoms with van der Waals surface area (Å²) in [5.74, 6) is 0.757. The second kappa shape index (κ2) is 3.53. The van der Waals surface area contributed by atoms with Gasteiger partial charge in [-0.3, -0.25) is 0 Å². The van der Waals surface area contributed by atoms with Crippen LogP contribution in [0.1, 0.15) is 10.6 Å². The quantitative estimate of drug-likeness (QED) is 0.666. The lowest BCUT2D eigenvalue weighted by Crippen LogP contribution is -1.93. The van der Waals surface area contributed by atoms with Crippen molar-refractivity contribution in [3.8, 4) is 11.4 Å². The fourth-order valence-corrected chi connectivity index (χ4v) is 2.39. The number of rotatable bonds is 1. The van der Waals surface area contributed by atoms with Gasteiger partial charge < -0.3 is 5.73 Å². The Kier molecular flexibility index (Phi) is 2.12. The SMILES string of the molecule is Cc1nn2c(-c3ccc(N)c(C)c3)nnc2s1. The number of hydrogen-bond acceptors (Lipinski definition) is 5. The minimum atomic E-state index is 0.757. The first-order valence-electron chi connectivity index (χ1n) is 5.20. The lowest BCUT2D eigenvalue weighted by atomic mass is 10.1. The van der Waals surface area contributed by atoms with Gasteiger partial charge in [-0.1, -0.05) is 11.3 Å². The van der Waals surface area contributed by atoms with Gasteiger partial charge in [0.1, 0.15) is 5.01 Å². The average Bonchev–Trinajstić information content (AvgIpc) is 2.81.